The summed E-state index contributed by atoms with van der Waals surface area (Å²) in [4.78, 5) is 44.9. The van der Waals surface area contributed by atoms with Crippen LogP contribution in [0.3, 0.4) is 0 Å². The maximum atomic E-state index is 14.2. The number of esters is 1. The van der Waals surface area contributed by atoms with E-state index in [2.05, 4.69) is 20.1 Å². The van der Waals surface area contributed by atoms with E-state index in [1.165, 1.54) is 0 Å². The molecular formula is C27H42N2O5S. The number of ether oxygens (including phenoxy) is 1. The Morgan fingerprint density at radius 2 is 2.06 bits per heavy atom. The fourth-order valence-electron chi connectivity index (χ4n) is 6.13. The van der Waals surface area contributed by atoms with E-state index in [0.29, 0.717) is 25.9 Å². The first kappa shape index (κ1) is 27.8. The van der Waals surface area contributed by atoms with Crippen LogP contribution < -0.4 is 0 Å². The molecule has 6 atom stereocenters. The minimum absolute atomic E-state index is 0.0304. The van der Waals surface area contributed by atoms with Crippen LogP contribution in [-0.4, -0.2) is 81.1 Å². The minimum Gasteiger partial charge on any atom is -0.465 e. The molecule has 1 spiro atoms. The van der Waals surface area contributed by atoms with Crippen LogP contribution in [0.25, 0.3) is 0 Å². The van der Waals surface area contributed by atoms with Crippen molar-refractivity contribution in [3.05, 3.63) is 25.3 Å². The molecule has 0 saturated carbocycles. The van der Waals surface area contributed by atoms with Gasteiger partial charge in [0.15, 0.2) is 0 Å². The lowest BCUT2D eigenvalue weighted by molar-refractivity contribution is -0.154. The van der Waals surface area contributed by atoms with Crippen LogP contribution in [0.4, 0.5) is 0 Å². The number of thioether (sulfide) groups is 1. The van der Waals surface area contributed by atoms with Crippen LogP contribution in [0, 0.1) is 17.8 Å². The van der Waals surface area contributed by atoms with Crippen molar-refractivity contribution in [3.63, 3.8) is 0 Å². The number of aliphatic hydroxyl groups is 1. The number of carbonyl (C=O) groups excluding carboxylic acids is 3. The van der Waals surface area contributed by atoms with E-state index < -0.39 is 28.7 Å². The number of unbranched alkanes of at least 4 members (excludes halogenated alkanes) is 2. The van der Waals surface area contributed by atoms with E-state index in [4.69, 9.17) is 4.74 Å². The molecule has 0 aromatic carbocycles. The zero-order chi connectivity index (χ0) is 25.8. The number of carbonyl (C=O) groups is 3. The topological polar surface area (TPSA) is 87.2 Å². The molecule has 3 saturated heterocycles. The van der Waals surface area contributed by atoms with Crippen LogP contribution in [0.15, 0.2) is 25.3 Å². The smallest absolute Gasteiger partial charge is 0.310 e. The highest BCUT2D eigenvalue weighted by molar-refractivity contribution is 8.02. The lowest BCUT2D eigenvalue weighted by Crippen LogP contribution is -2.58. The minimum atomic E-state index is -0.706. The Kier molecular flexibility index (Phi) is 9.49. The van der Waals surface area contributed by atoms with Gasteiger partial charge in [0.1, 0.15) is 6.04 Å². The molecule has 0 radical (unpaired) electrons. The third-order valence-corrected chi connectivity index (χ3v) is 9.77. The van der Waals surface area contributed by atoms with Gasteiger partial charge >= 0.3 is 5.97 Å². The third kappa shape index (κ3) is 5.06. The summed E-state index contributed by atoms with van der Waals surface area (Å²) in [5.41, 5.74) is 0. The normalized spacial score (nSPS) is 29.9. The van der Waals surface area contributed by atoms with Gasteiger partial charge in [0.25, 0.3) is 0 Å². The molecule has 0 aromatic rings. The first-order chi connectivity index (χ1) is 16.8. The van der Waals surface area contributed by atoms with Gasteiger partial charge in [-0.25, -0.2) is 0 Å². The zero-order valence-corrected chi connectivity index (χ0v) is 22.3. The first-order valence-corrected chi connectivity index (χ1v) is 13.9. The molecule has 0 aliphatic carbocycles. The highest BCUT2D eigenvalue weighted by atomic mass is 32.2. The summed E-state index contributed by atoms with van der Waals surface area (Å²) in [6.45, 7) is 14.6. The molecule has 1 N–H and O–H groups in total. The molecule has 3 aliphatic rings. The highest BCUT2D eigenvalue weighted by Crippen LogP contribution is 2.67. The SMILES string of the molecule is C=CCCOC(=O)[C@@H]1[C@@H]2CCC3(S2)C(C(=O)N(CC=C)CCCCC)N([C@@H](CO)C(C)C)C(=O)[C@H]13. The number of likely N-dealkylation sites (tertiary alicyclic amines) is 1. The maximum Gasteiger partial charge on any atom is 0.310 e. The molecule has 2 bridgehead atoms. The second kappa shape index (κ2) is 12.0. The van der Waals surface area contributed by atoms with E-state index in [0.717, 1.165) is 25.7 Å². The largest absolute Gasteiger partial charge is 0.465 e. The van der Waals surface area contributed by atoms with Gasteiger partial charge in [0, 0.05) is 18.3 Å². The standard InChI is InChI=1S/C27H42N2O5S/c1-6-9-11-15-28(14-8-3)25(32)23-27-13-12-20(35-27)21(26(33)34-16-10-7-2)22(27)24(31)29(23)19(17-30)18(4)5/h7-8,18-23,30H,2-3,6,9-17H2,1,4-5H3/t19-,20-,21+,22-,23?,27?/m0/s1. The molecule has 196 valence electrons. The summed E-state index contributed by atoms with van der Waals surface area (Å²) in [5, 5.41) is 10.3. The van der Waals surface area contributed by atoms with Crippen LogP contribution in [0.2, 0.25) is 0 Å². The molecule has 0 aromatic heterocycles. The first-order valence-electron chi connectivity index (χ1n) is 13.1. The van der Waals surface area contributed by atoms with Gasteiger partial charge in [0.2, 0.25) is 11.8 Å². The Morgan fingerprint density at radius 1 is 1.31 bits per heavy atom. The number of rotatable bonds is 14. The van der Waals surface area contributed by atoms with E-state index in [1.54, 1.807) is 28.8 Å². The van der Waals surface area contributed by atoms with Crippen molar-refractivity contribution in [2.45, 2.75) is 81.4 Å². The number of hydrogen-bond donors (Lipinski definition) is 1. The second-order valence-electron chi connectivity index (χ2n) is 10.3. The highest BCUT2D eigenvalue weighted by Gasteiger charge is 2.74. The average molecular weight is 507 g/mol. The van der Waals surface area contributed by atoms with Crippen molar-refractivity contribution < 1.29 is 24.2 Å². The molecule has 3 heterocycles. The van der Waals surface area contributed by atoms with Gasteiger partial charge in [-0.15, -0.1) is 24.9 Å². The van der Waals surface area contributed by atoms with Crippen LogP contribution in [0.5, 0.6) is 0 Å². The summed E-state index contributed by atoms with van der Waals surface area (Å²) < 4.78 is 4.86. The lowest BCUT2D eigenvalue weighted by Gasteiger charge is -2.40. The fourth-order valence-corrected chi connectivity index (χ4v) is 8.31. The average Bonchev–Trinajstić information content (AvgIpc) is 3.46. The Hall–Kier alpha value is -1.80. The van der Waals surface area contributed by atoms with Crippen molar-refractivity contribution in [2.24, 2.45) is 17.8 Å². The number of fused-ring (bicyclic) bond motifs is 1. The van der Waals surface area contributed by atoms with Gasteiger partial charge in [0.05, 0.1) is 35.8 Å². The molecule has 2 unspecified atom stereocenters. The van der Waals surface area contributed by atoms with E-state index >= 15 is 0 Å². The van der Waals surface area contributed by atoms with Gasteiger partial charge in [-0.1, -0.05) is 45.8 Å². The van der Waals surface area contributed by atoms with E-state index in [9.17, 15) is 19.5 Å². The van der Waals surface area contributed by atoms with Gasteiger partial charge in [-0.05, 0) is 31.6 Å². The Balaban J connectivity index is 2.01. The number of hydrogen-bond acceptors (Lipinski definition) is 6. The summed E-state index contributed by atoms with van der Waals surface area (Å²) in [6.07, 6.45) is 8.40. The zero-order valence-electron chi connectivity index (χ0n) is 21.5. The molecule has 3 fully saturated rings. The van der Waals surface area contributed by atoms with Gasteiger partial charge < -0.3 is 19.6 Å². The van der Waals surface area contributed by atoms with Crippen molar-refractivity contribution in [1.82, 2.24) is 9.80 Å². The number of nitrogens with zero attached hydrogens (tertiary/aromatic N) is 2. The number of aliphatic hydroxyl groups excluding tert-OH is 1. The Morgan fingerprint density at radius 3 is 2.66 bits per heavy atom. The quantitative estimate of drug-likeness (QED) is 0.221. The predicted molar refractivity (Wildman–Crippen MR) is 139 cm³/mol. The molecule has 7 nitrogen and oxygen atoms in total. The third-order valence-electron chi connectivity index (χ3n) is 7.82. The van der Waals surface area contributed by atoms with Crippen molar-refractivity contribution in [2.75, 3.05) is 26.3 Å². The Bertz CT molecular complexity index is 817. The molecule has 35 heavy (non-hydrogen) atoms. The fraction of sp³-hybridized carbons (Fsp3) is 0.741. The molecule has 3 aliphatic heterocycles. The van der Waals surface area contributed by atoms with Crippen molar-refractivity contribution in [1.29, 1.82) is 0 Å². The molecular weight excluding hydrogens is 464 g/mol. The van der Waals surface area contributed by atoms with Crippen LogP contribution in [-0.2, 0) is 19.1 Å². The molecule has 8 heteroatoms. The summed E-state index contributed by atoms with van der Waals surface area (Å²) in [7, 11) is 0. The van der Waals surface area contributed by atoms with Gasteiger partial charge in [-0.3, -0.25) is 14.4 Å². The summed E-state index contributed by atoms with van der Waals surface area (Å²) in [5.74, 6) is -1.85. The van der Waals surface area contributed by atoms with Crippen molar-refractivity contribution >= 4 is 29.5 Å². The van der Waals surface area contributed by atoms with E-state index in [-0.39, 0.29) is 42.2 Å². The van der Waals surface area contributed by atoms with Crippen LogP contribution in [0.1, 0.15) is 59.3 Å². The Labute approximate surface area is 214 Å². The maximum absolute atomic E-state index is 14.2. The molecule has 2 amide bonds. The number of amides is 2. The van der Waals surface area contributed by atoms with Crippen molar-refractivity contribution in [3.8, 4) is 0 Å². The van der Waals surface area contributed by atoms with E-state index in [1.807, 2.05) is 18.7 Å². The summed E-state index contributed by atoms with van der Waals surface area (Å²) >= 11 is 1.63. The summed E-state index contributed by atoms with van der Waals surface area (Å²) in [6, 6.07) is -1.20. The predicted octanol–water partition coefficient (Wildman–Crippen LogP) is 3.42. The lowest BCUT2D eigenvalue weighted by atomic mass is 9.71. The monoisotopic (exact) mass is 506 g/mol. The van der Waals surface area contributed by atoms with Crippen LogP contribution >= 0.6 is 11.8 Å². The molecule has 3 rings (SSSR count). The second-order valence-corrected chi connectivity index (χ2v) is 11.9. The van der Waals surface area contributed by atoms with Gasteiger partial charge in [-0.2, -0.15) is 0 Å².